The third kappa shape index (κ3) is 5.49. The van der Waals surface area contributed by atoms with Gasteiger partial charge in [-0.15, -0.1) is 13.2 Å². The predicted molar refractivity (Wildman–Crippen MR) is 131 cm³/mol. The van der Waals surface area contributed by atoms with E-state index in [4.69, 9.17) is 0 Å². The van der Waals surface area contributed by atoms with Crippen LogP contribution in [0.3, 0.4) is 0 Å². The van der Waals surface area contributed by atoms with E-state index < -0.39 is 0 Å². The van der Waals surface area contributed by atoms with Crippen molar-refractivity contribution in [2.75, 3.05) is 0 Å². The van der Waals surface area contributed by atoms with Crippen LogP contribution in [0.1, 0.15) is 101 Å². The average Bonchev–Trinajstić information content (AvgIpc) is 2.81. The molecule has 0 nitrogen and oxygen atoms in total. The molecule has 0 aliphatic heterocycles. The van der Waals surface area contributed by atoms with Crippen LogP contribution in [0.25, 0.3) is 0 Å². The van der Waals surface area contributed by atoms with Gasteiger partial charge >= 0.3 is 0 Å². The molecule has 0 amide bonds. The van der Waals surface area contributed by atoms with Crippen molar-refractivity contribution in [2.24, 2.45) is 29.6 Å². The monoisotopic (exact) mass is 404 g/mol. The van der Waals surface area contributed by atoms with Gasteiger partial charge in [0, 0.05) is 0 Å². The molecule has 30 heavy (non-hydrogen) atoms. The number of benzene rings is 1. The maximum absolute atomic E-state index is 3.92. The second-order valence-corrected chi connectivity index (χ2v) is 10.8. The number of hydrogen-bond acceptors (Lipinski definition) is 0. The van der Waals surface area contributed by atoms with Crippen molar-refractivity contribution in [1.29, 1.82) is 0 Å². The second kappa shape index (κ2) is 10.8. The normalized spacial score (nSPS) is 34.1. The highest BCUT2D eigenvalue weighted by atomic mass is 14.4. The SMILES string of the molecule is C=CCCc1ccc(C2CCC(C3CCC4CC(CCC=C)CCC4C3)CC2)cc1. The van der Waals surface area contributed by atoms with E-state index in [1.54, 1.807) is 12.0 Å². The van der Waals surface area contributed by atoms with Crippen molar-refractivity contribution in [3.8, 4) is 0 Å². The Morgan fingerprint density at radius 1 is 0.667 bits per heavy atom. The van der Waals surface area contributed by atoms with Gasteiger partial charge in [-0.05, 0) is 130 Å². The average molecular weight is 405 g/mol. The zero-order valence-corrected chi connectivity index (χ0v) is 19.2. The maximum atomic E-state index is 3.92. The van der Waals surface area contributed by atoms with E-state index in [1.165, 1.54) is 76.2 Å². The highest BCUT2D eigenvalue weighted by Gasteiger charge is 2.38. The Hall–Kier alpha value is -1.30. The van der Waals surface area contributed by atoms with Crippen LogP contribution >= 0.6 is 0 Å². The summed E-state index contributed by atoms with van der Waals surface area (Å²) in [5, 5.41) is 0. The van der Waals surface area contributed by atoms with Gasteiger partial charge < -0.3 is 0 Å². The van der Waals surface area contributed by atoms with E-state index in [1.807, 2.05) is 6.08 Å². The number of fused-ring (bicyclic) bond motifs is 1. The summed E-state index contributed by atoms with van der Waals surface area (Å²) in [4.78, 5) is 0. The summed E-state index contributed by atoms with van der Waals surface area (Å²) in [6.07, 6.45) is 24.0. The van der Waals surface area contributed by atoms with E-state index in [9.17, 15) is 0 Å². The summed E-state index contributed by atoms with van der Waals surface area (Å²) in [5.41, 5.74) is 3.06. The molecule has 4 rings (SSSR count). The molecule has 1 aromatic carbocycles. The van der Waals surface area contributed by atoms with Crippen molar-refractivity contribution in [1.82, 2.24) is 0 Å². The minimum atomic E-state index is 0.811. The molecule has 0 bridgehead atoms. The van der Waals surface area contributed by atoms with Crippen LogP contribution in [-0.2, 0) is 6.42 Å². The van der Waals surface area contributed by atoms with Crippen molar-refractivity contribution < 1.29 is 0 Å². The lowest BCUT2D eigenvalue weighted by Crippen LogP contribution is -2.34. The van der Waals surface area contributed by atoms with Crippen molar-refractivity contribution >= 4 is 0 Å². The summed E-state index contributed by atoms with van der Waals surface area (Å²) in [5.74, 6) is 5.99. The highest BCUT2D eigenvalue weighted by molar-refractivity contribution is 5.26. The van der Waals surface area contributed by atoms with Crippen LogP contribution in [0.4, 0.5) is 0 Å². The molecule has 0 saturated heterocycles. The first-order chi connectivity index (χ1) is 14.8. The third-order valence-electron chi connectivity index (χ3n) is 9.07. The zero-order chi connectivity index (χ0) is 20.8. The van der Waals surface area contributed by atoms with E-state index >= 15 is 0 Å². The Bertz CT molecular complexity index is 660. The number of allylic oxidation sites excluding steroid dienone is 2. The van der Waals surface area contributed by atoms with Crippen LogP contribution in [-0.4, -0.2) is 0 Å². The lowest BCUT2D eigenvalue weighted by Gasteiger charge is -2.45. The van der Waals surface area contributed by atoms with Gasteiger partial charge in [0.05, 0.1) is 0 Å². The molecule has 164 valence electrons. The molecule has 4 unspecified atom stereocenters. The van der Waals surface area contributed by atoms with Crippen LogP contribution in [0, 0.1) is 29.6 Å². The molecule has 0 N–H and O–H groups in total. The summed E-state index contributed by atoms with van der Waals surface area (Å²) in [6, 6.07) is 9.55. The molecular formula is C30H44. The van der Waals surface area contributed by atoms with E-state index in [2.05, 4.69) is 43.5 Å². The molecular weight excluding hydrogens is 360 g/mol. The van der Waals surface area contributed by atoms with E-state index in [0.29, 0.717) is 0 Å². The molecule has 1 aromatic rings. The van der Waals surface area contributed by atoms with Gasteiger partial charge in [-0.3, -0.25) is 0 Å². The fourth-order valence-electron chi connectivity index (χ4n) is 7.22. The van der Waals surface area contributed by atoms with Gasteiger partial charge in [0.2, 0.25) is 0 Å². The Kier molecular flexibility index (Phi) is 7.91. The van der Waals surface area contributed by atoms with Crippen molar-refractivity contribution in [3.63, 3.8) is 0 Å². The summed E-state index contributed by atoms with van der Waals surface area (Å²) in [7, 11) is 0. The van der Waals surface area contributed by atoms with Gasteiger partial charge in [-0.2, -0.15) is 0 Å². The molecule has 3 fully saturated rings. The number of rotatable bonds is 8. The van der Waals surface area contributed by atoms with E-state index in [-0.39, 0.29) is 0 Å². The largest absolute Gasteiger partial charge is 0.103 e. The van der Waals surface area contributed by atoms with Gasteiger partial charge in [0.15, 0.2) is 0 Å². The zero-order valence-electron chi connectivity index (χ0n) is 19.2. The van der Waals surface area contributed by atoms with Crippen molar-refractivity contribution in [2.45, 2.75) is 95.8 Å². The molecule has 0 spiro atoms. The fourth-order valence-corrected chi connectivity index (χ4v) is 7.22. The van der Waals surface area contributed by atoms with Crippen LogP contribution in [0.5, 0.6) is 0 Å². The minimum Gasteiger partial charge on any atom is -0.103 e. The van der Waals surface area contributed by atoms with Crippen molar-refractivity contribution in [3.05, 3.63) is 60.7 Å². The highest BCUT2D eigenvalue weighted by Crippen LogP contribution is 2.50. The first kappa shape index (κ1) is 21.9. The van der Waals surface area contributed by atoms with Crippen LogP contribution in [0.15, 0.2) is 49.6 Å². The number of hydrogen-bond donors (Lipinski definition) is 0. The maximum Gasteiger partial charge on any atom is -0.0162 e. The molecule has 0 heteroatoms. The Morgan fingerprint density at radius 3 is 1.97 bits per heavy atom. The topological polar surface area (TPSA) is 0 Å². The molecule has 3 aliphatic carbocycles. The van der Waals surface area contributed by atoms with Crippen LogP contribution in [0.2, 0.25) is 0 Å². The second-order valence-electron chi connectivity index (χ2n) is 10.8. The quantitative estimate of drug-likeness (QED) is 0.379. The molecule has 3 aliphatic rings. The fraction of sp³-hybridized carbons (Fsp3) is 0.667. The predicted octanol–water partition coefficient (Wildman–Crippen LogP) is 8.88. The molecule has 3 saturated carbocycles. The van der Waals surface area contributed by atoms with Gasteiger partial charge in [0.1, 0.15) is 0 Å². The lowest BCUT2D eigenvalue weighted by molar-refractivity contribution is 0.0621. The van der Waals surface area contributed by atoms with Gasteiger partial charge in [-0.1, -0.05) is 42.8 Å². The smallest absolute Gasteiger partial charge is 0.0162 e. The number of aryl methyl sites for hydroxylation is 1. The van der Waals surface area contributed by atoms with Gasteiger partial charge in [0.25, 0.3) is 0 Å². The molecule has 0 radical (unpaired) electrons. The Balaban J connectivity index is 1.23. The molecule has 0 aromatic heterocycles. The third-order valence-corrected chi connectivity index (χ3v) is 9.07. The first-order valence-corrected chi connectivity index (χ1v) is 13.1. The standard InChI is InChI=1S/C30H44/c1-3-5-7-23-9-12-25(13-10-23)26-15-17-27(18-16-26)29-20-19-28-21-24(8-6-4-2)11-14-30(28)22-29/h3-4,9-10,12-13,24,26-30H,1-2,5-8,11,14-22H2. The minimum absolute atomic E-state index is 0.811. The summed E-state index contributed by atoms with van der Waals surface area (Å²) < 4.78 is 0. The van der Waals surface area contributed by atoms with Crippen LogP contribution < -0.4 is 0 Å². The Morgan fingerprint density at radius 2 is 1.27 bits per heavy atom. The van der Waals surface area contributed by atoms with E-state index in [0.717, 1.165) is 48.3 Å². The summed E-state index contributed by atoms with van der Waals surface area (Å²) in [6.45, 7) is 7.77. The lowest BCUT2D eigenvalue weighted by atomic mass is 9.60. The first-order valence-electron chi connectivity index (χ1n) is 13.1. The Labute approximate surface area is 186 Å². The summed E-state index contributed by atoms with van der Waals surface area (Å²) >= 11 is 0. The van der Waals surface area contributed by atoms with Gasteiger partial charge in [-0.25, -0.2) is 0 Å². The molecule has 0 heterocycles. The molecule has 4 atom stereocenters.